The van der Waals surface area contributed by atoms with Crippen LogP contribution in [-0.4, -0.2) is 58.9 Å². The summed E-state index contributed by atoms with van der Waals surface area (Å²) in [5.41, 5.74) is 0. The van der Waals surface area contributed by atoms with Gasteiger partial charge >= 0.3 is 5.97 Å². The summed E-state index contributed by atoms with van der Waals surface area (Å²) >= 11 is 0. The number of aliphatic hydroxyl groups excluding tert-OH is 3. The standard InChI is InChI=1S/C25H36O6/c1-20(26)17-24-19-23(30-2)15-11-7-3-5-9-13-21(27)18-22(28)14-10-6-4-8-12-16-25(29)31-24/h3-12,15-16,20-24,26-28H,13-14,17-19H2,1-2H3/b7-3+,8-4+,9-5+,10-6+,15-11+,16-12+/t20-,21-,22+,23+,24+/m1/s1. The molecule has 6 heteroatoms. The molecule has 0 aromatic carbocycles. The number of cyclic esters (lactones) is 1. The highest BCUT2D eigenvalue weighted by Crippen LogP contribution is 2.14. The number of esters is 1. The van der Waals surface area contributed by atoms with Gasteiger partial charge < -0.3 is 24.8 Å². The van der Waals surface area contributed by atoms with Crippen LogP contribution in [-0.2, 0) is 14.3 Å². The van der Waals surface area contributed by atoms with Crippen LogP contribution in [0.4, 0.5) is 0 Å². The van der Waals surface area contributed by atoms with Gasteiger partial charge in [0.15, 0.2) is 0 Å². The Balaban J connectivity index is 2.90. The van der Waals surface area contributed by atoms with E-state index < -0.39 is 30.4 Å². The molecule has 0 unspecified atom stereocenters. The molecule has 1 heterocycles. The Labute approximate surface area is 185 Å². The van der Waals surface area contributed by atoms with E-state index in [1.165, 1.54) is 6.08 Å². The lowest BCUT2D eigenvalue weighted by Gasteiger charge is -2.21. The van der Waals surface area contributed by atoms with Gasteiger partial charge in [0.1, 0.15) is 6.10 Å². The van der Waals surface area contributed by atoms with Gasteiger partial charge in [-0.2, -0.15) is 0 Å². The molecule has 3 N–H and O–H groups in total. The van der Waals surface area contributed by atoms with Crippen molar-refractivity contribution >= 4 is 5.97 Å². The largest absolute Gasteiger partial charge is 0.459 e. The van der Waals surface area contributed by atoms with Gasteiger partial charge in [0, 0.05) is 26.0 Å². The van der Waals surface area contributed by atoms with E-state index in [-0.39, 0.29) is 6.10 Å². The maximum atomic E-state index is 12.1. The average Bonchev–Trinajstić information content (AvgIpc) is 2.70. The molecule has 1 aliphatic heterocycles. The van der Waals surface area contributed by atoms with E-state index in [4.69, 9.17) is 9.47 Å². The fourth-order valence-electron chi connectivity index (χ4n) is 3.00. The van der Waals surface area contributed by atoms with Gasteiger partial charge in [-0.3, -0.25) is 0 Å². The Morgan fingerprint density at radius 3 is 2.13 bits per heavy atom. The summed E-state index contributed by atoms with van der Waals surface area (Å²) in [5.74, 6) is -0.491. The molecule has 0 fully saturated rings. The first-order valence-corrected chi connectivity index (χ1v) is 10.7. The Kier molecular flexibility index (Phi) is 14.2. The van der Waals surface area contributed by atoms with Crippen molar-refractivity contribution in [2.45, 2.75) is 69.5 Å². The summed E-state index contributed by atoms with van der Waals surface area (Å²) in [6.45, 7) is 1.65. The molecule has 0 bridgehead atoms. The molecule has 0 saturated heterocycles. The van der Waals surface area contributed by atoms with Gasteiger partial charge in [-0.25, -0.2) is 4.79 Å². The number of hydrogen-bond acceptors (Lipinski definition) is 6. The number of rotatable bonds is 3. The van der Waals surface area contributed by atoms with E-state index in [1.54, 1.807) is 44.4 Å². The highest BCUT2D eigenvalue weighted by Gasteiger charge is 2.19. The molecule has 6 nitrogen and oxygen atoms in total. The van der Waals surface area contributed by atoms with Crippen molar-refractivity contribution in [3.8, 4) is 0 Å². The number of allylic oxidation sites excluding steroid dienone is 8. The number of carbonyl (C=O) groups excluding carboxylic acids is 1. The van der Waals surface area contributed by atoms with Crippen LogP contribution in [0.5, 0.6) is 0 Å². The summed E-state index contributed by atoms with van der Waals surface area (Å²) in [5, 5.41) is 29.7. The molecule has 5 atom stereocenters. The molecule has 0 amide bonds. The number of ether oxygens (including phenoxy) is 2. The van der Waals surface area contributed by atoms with Crippen LogP contribution in [0.1, 0.15) is 39.0 Å². The zero-order valence-corrected chi connectivity index (χ0v) is 18.4. The lowest BCUT2D eigenvalue weighted by Crippen LogP contribution is -2.26. The molecule has 0 aliphatic carbocycles. The van der Waals surface area contributed by atoms with Crippen molar-refractivity contribution in [1.29, 1.82) is 0 Å². The number of methoxy groups -OCH3 is 1. The number of hydrogen-bond donors (Lipinski definition) is 3. The fraction of sp³-hybridized carbons (Fsp3) is 0.480. The molecule has 0 aromatic rings. The normalized spacial score (nSPS) is 34.2. The predicted molar refractivity (Wildman–Crippen MR) is 122 cm³/mol. The molecule has 172 valence electrons. The van der Waals surface area contributed by atoms with E-state index in [0.717, 1.165) is 0 Å². The van der Waals surface area contributed by atoms with Gasteiger partial charge in [0.2, 0.25) is 0 Å². The minimum absolute atomic E-state index is 0.277. The summed E-state index contributed by atoms with van der Waals surface area (Å²) in [4.78, 5) is 12.1. The minimum Gasteiger partial charge on any atom is -0.459 e. The zero-order chi connectivity index (χ0) is 22.9. The van der Waals surface area contributed by atoms with Crippen LogP contribution < -0.4 is 0 Å². The Hall–Kier alpha value is -2.25. The molecule has 0 aromatic heterocycles. The first-order valence-electron chi connectivity index (χ1n) is 10.7. The van der Waals surface area contributed by atoms with Gasteiger partial charge in [0.05, 0.1) is 24.4 Å². The third-order valence-electron chi connectivity index (χ3n) is 4.54. The molecule has 1 rings (SSSR count). The van der Waals surface area contributed by atoms with E-state index in [9.17, 15) is 20.1 Å². The second-order valence-electron chi connectivity index (χ2n) is 7.54. The molecular weight excluding hydrogens is 396 g/mol. The van der Waals surface area contributed by atoms with Crippen molar-refractivity contribution in [1.82, 2.24) is 0 Å². The first kappa shape index (κ1) is 26.8. The van der Waals surface area contributed by atoms with Crippen LogP contribution in [0.15, 0.2) is 72.9 Å². The topological polar surface area (TPSA) is 96.2 Å². The van der Waals surface area contributed by atoms with E-state index in [0.29, 0.717) is 32.1 Å². The van der Waals surface area contributed by atoms with Gasteiger partial charge in [0.25, 0.3) is 0 Å². The average molecular weight is 433 g/mol. The van der Waals surface area contributed by atoms with E-state index in [1.807, 2.05) is 36.5 Å². The molecular formula is C25H36O6. The highest BCUT2D eigenvalue weighted by atomic mass is 16.5. The molecule has 0 saturated carbocycles. The number of carbonyl (C=O) groups is 1. The van der Waals surface area contributed by atoms with Crippen LogP contribution in [0.3, 0.4) is 0 Å². The van der Waals surface area contributed by atoms with Crippen LogP contribution in [0.2, 0.25) is 0 Å². The van der Waals surface area contributed by atoms with Crippen molar-refractivity contribution in [2.75, 3.05) is 7.11 Å². The van der Waals surface area contributed by atoms with Crippen molar-refractivity contribution in [3.05, 3.63) is 72.9 Å². The zero-order valence-electron chi connectivity index (χ0n) is 18.4. The Morgan fingerprint density at radius 1 is 0.968 bits per heavy atom. The van der Waals surface area contributed by atoms with Crippen molar-refractivity contribution in [2.24, 2.45) is 0 Å². The monoisotopic (exact) mass is 432 g/mol. The van der Waals surface area contributed by atoms with Crippen LogP contribution in [0, 0.1) is 0 Å². The third-order valence-corrected chi connectivity index (χ3v) is 4.54. The minimum atomic E-state index is -0.619. The van der Waals surface area contributed by atoms with E-state index >= 15 is 0 Å². The maximum Gasteiger partial charge on any atom is 0.331 e. The number of aliphatic hydroxyl groups is 3. The molecule has 31 heavy (non-hydrogen) atoms. The molecule has 0 radical (unpaired) electrons. The first-order chi connectivity index (χ1) is 14.9. The Morgan fingerprint density at radius 2 is 1.55 bits per heavy atom. The smallest absolute Gasteiger partial charge is 0.331 e. The van der Waals surface area contributed by atoms with Gasteiger partial charge in [-0.1, -0.05) is 66.8 Å². The molecule has 0 spiro atoms. The summed E-state index contributed by atoms with van der Waals surface area (Å²) < 4.78 is 10.9. The lowest BCUT2D eigenvalue weighted by molar-refractivity contribution is -0.145. The maximum absolute atomic E-state index is 12.1. The van der Waals surface area contributed by atoms with Gasteiger partial charge in [-0.15, -0.1) is 0 Å². The predicted octanol–water partition coefficient (Wildman–Crippen LogP) is 3.32. The van der Waals surface area contributed by atoms with Crippen molar-refractivity contribution in [3.63, 3.8) is 0 Å². The van der Waals surface area contributed by atoms with Crippen molar-refractivity contribution < 1.29 is 29.6 Å². The Bertz CT molecular complexity index is 671. The summed E-state index contributed by atoms with van der Waals surface area (Å²) in [6.07, 6.45) is 20.3. The van der Waals surface area contributed by atoms with Gasteiger partial charge in [-0.05, 0) is 26.2 Å². The van der Waals surface area contributed by atoms with Crippen LogP contribution in [0.25, 0.3) is 0 Å². The third kappa shape index (κ3) is 14.4. The van der Waals surface area contributed by atoms with E-state index in [2.05, 4.69) is 0 Å². The second-order valence-corrected chi connectivity index (χ2v) is 7.54. The highest BCUT2D eigenvalue weighted by molar-refractivity contribution is 5.82. The molecule has 1 aliphatic rings. The fourth-order valence-corrected chi connectivity index (χ4v) is 3.00. The second kappa shape index (κ2) is 16.4. The summed E-state index contributed by atoms with van der Waals surface area (Å²) in [7, 11) is 1.58. The quantitative estimate of drug-likeness (QED) is 0.592. The summed E-state index contributed by atoms with van der Waals surface area (Å²) in [6, 6.07) is 0. The van der Waals surface area contributed by atoms with Crippen LogP contribution >= 0.6 is 0 Å². The lowest BCUT2D eigenvalue weighted by atomic mass is 10.1. The SMILES string of the molecule is CO[C@H]1/C=C/C=C/C=C/C[C@@H](O)C[C@@H](O)C/C=C/C=C/C=C/C(=O)O[C@@H](C[C@@H](C)O)C1.